The average molecular weight is 372 g/mol. The number of rotatable bonds is 8. The van der Waals surface area contributed by atoms with E-state index in [1.165, 1.54) is 10.8 Å². The van der Waals surface area contributed by atoms with Gasteiger partial charge in [-0.3, -0.25) is 4.98 Å². The van der Waals surface area contributed by atoms with E-state index >= 15 is 0 Å². The second kappa shape index (κ2) is 8.14. The molecular formula is C17H24F3N3OSi. The minimum absolute atomic E-state index is 0.0331. The van der Waals surface area contributed by atoms with Gasteiger partial charge in [0.25, 0.3) is 0 Å². The molecule has 0 saturated carbocycles. The van der Waals surface area contributed by atoms with Gasteiger partial charge in [0.1, 0.15) is 19.0 Å². The third-order valence-electron chi connectivity index (χ3n) is 3.51. The van der Waals surface area contributed by atoms with Crippen LogP contribution in [0.25, 0.3) is 0 Å². The van der Waals surface area contributed by atoms with E-state index in [0.717, 1.165) is 11.6 Å². The summed E-state index contributed by atoms with van der Waals surface area (Å²) in [6, 6.07) is 4.49. The molecule has 0 aliphatic heterocycles. The highest BCUT2D eigenvalue weighted by Crippen LogP contribution is 2.22. The van der Waals surface area contributed by atoms with Crippen LogP contribution >= 0.6 is 0 Å². The monoisotopic (exact) mass is 372 g/mol. The molecule has 0 radical (unpaired) electrons. The molecule has 0 amide bonds. The van der Waals surface area contributed by atoms with Crippen molar-refractivity contribution in [2.24, 2.45) is 0 Å². The standard InChI is InChI=1S/C17H24F3N3OSi/c1-25(2,3)9-8-24-13-23-12-15(10-14-4-6-21-7-5-14)22-16(23)11-17(18,19)20/h4-7,12H,8-11,13H2,1-3H3/i11D. The van der Waals surface area contributed by atoms with Crippen LogP contribution in [0, 0.1) is 0 Å². The molecule has 2 heterocycles. The molecule has 8 heteroatoms. The molecule has 0 saturated heterocycles. The Labute approximate surface area is 148 Å². The van der Waals surface area contributed by atoms with Gasteiger partial charge in [-0.1, -0.05) is 19.6 Å². The van der Waals surface area contributed by atoms with Gasteiger partial charge in [0.05, 0.1) is 5.69 Å². The van der Waals surface area contributed by atoms with Crippen molar-refractivity contribution >= 4 is 8.07 Å². The third-order valence-corrected chi connectivity index (χ3v) is 5.22. The van der Waals surface area contributed by atoms with Crippen molar-refractivity contribution in [3.8, 4) is 0 Å². The Morgan fingerprint density at radius 3 is 2.52 bits per heavy atom. The fourth-order valence-corrected chi connectivity index (χ4v) is 2.94. The van der Waals surface area contributed by atoms with Gasteiger partial charge in [-0.15, -0.1) is 0 Å². The maximum Gasteiger partial charge on any atom is 0.396 e. The van der Waals surface area contributed by atoms with Crippen molar-refractivity contribution in [1.29, 1.82) is 0 Å². The number of ether oxygens (including phenoxy) is 1. The van der Waals surface area contributed by atoms with Gasteiger partial charge in [-0.05, 0) is 23.7 Å². The fraction of sp³-hybridized carbons (Fsp3) is 0.529. The highest BCUT2D eigenvalue weighted by Gasteiger charge is 2.30. The van der Waals surface area contributed by atoms with E-state index in [9.17, 15) is 13.2 Å². The fourth-order valence-electron chi connectivity index (χ4n) is 2.19. The Hall–Kier alpha value is -1.67. The summed E-state index contributed by atoms with van der Waals surface area (Å²) in [5.74, 6) is -0.338. The smallest absolute Gasteiger partial charge is 0.361 e. The number of hydrogen-bond acceptors (Lipinski definition) is 3. The summed E-state index contributed by atoms with van der Waals surface area (Å²) in [6.07, 6.45) is -1.91. The molecule has 0 N–H and O–H groups in total. The largest absolute Gasteiger partial charge is 0.396 e. The van der Waals surface area contributed by atoms with Crippen LogP contribution in [-0.2, 0) is 24.3 Å². The van der Waals surface area contributed by atoms with E-state index in [0.29, 0.717) is 18.7 Å². The Balaban J connectivity index is 2.15. The van der Waals surface area contributed by atoms with Crippen LogP contribution < -0.4 is 0 Å². The molecule has 2 aromatic rings. The SMILES string of the molecule is [2H]C(c1nc(Cc2ccncc2)cn1COCC[Si](C)(C)C)C(F)(F)F. The van der Waals surface area contributed by atoms with E-state index in [2.05, 4.69) is 29.6 Å². The van der Waals surface area contributed by atoms with Crippen LogP contribution in [0.15, 0.2) is 30.7 Å². The van der Waals surface area contributed by atoms with Gasteiger partial charge in [-0.2, -0.15) is 13.2 Å². The second-order valence-corrected chi connectivity index (χ2v) is 12.7. The summed E-state index contributed by atoms with van der Waals surface area (Å²) >= 11 is 0. The third kappa shape index (κ3) is 7.39. The van der Waals surface area contributed by atoms with Crippen LogP contribution in [0.5, 0.6) is 0 Å². The van der Waals surface area contributed by atoms with Gasteiger partial charge in [0.2, 0.25) is 0 Å². The molecule has 4 nitrogen and oxygen atoms in total. The van der Waals surface area contributed by atoms with Gasteiger partial charge < -0.3 is 9.30 Å². The quantitative estimate of drug-likeness (QED) is 0.513. The van der Waals surface area contributed by atoms with E-state index in [1.54, 1.807) is 24.5 Å². The van der Waals surface area contributed by atoms with Gasteiger partial charge in [-0.25, -0.2) is 4.98 Å². The van der Waals surface area contributed by atoms with E-state index < -0.39 is 20.6 Å². The molecule has 0 aromatic carbocycles. The normalized spacial score (nSPS) is 14.4. The zero-order chi connectivity index (χ0) is 19.4. The number of nitrogens with zero attached hydrogens (tertiary/aromatic N) is 3. The lowest BCUT2D eigenvalue weighted by Crippen LogP contribution is -2.22. The van der Waals surface area contributed by atoms with Gasteiger partial charge in [0, 0.05) is 41.1 Å². The second-order valence-electron chi connectivity index (χ2n) is 7.13. The lowest BCUT2D eigenvalue weighted by atomic mass is 10.1. The Morgan fingerprint density at radius 2 is 1.92 bits per heavy atom. The first-order valence-electron chi connectivity index (χ1n) is 8.65. The first kappa shape index (κ1) is 18.1. The number of pyridine rings is 1. The first-order valence-corrected chi connectivity index (χ1v) is 11.8. The molecule has 0 spiro atoms. The lowest BCUT2D eigenvalue weighted by Gasteiger charge is -2.16. The van der Waals surface area contributed by atoms with Crippen molar-refractivity contribution in [2.75, 3.05) is 6.61 Å². The van der Waals surface area contributed by atoms with Gasteiger partial charge >= 0.3 is 6.18 Å². The molecule has 1 atom stereocenters. The maximum atomic E-state index is 13.0. The summed E-state index contributed by atoms with van der Waals surface area (Å²) in [5.41, 5.74) is 1.37. The van der Waals surface area contributed by atoms with E-state index in [1.807, 2.05) is 0 Å². The molecule has 25 heavy (non-hydrogen) atoms. The van der Waals surface area contributed by atoms with Crippen molar-refractivity contribution in [3.05, 3.63) is 47.8 Å². The summed E-state index contributed by atoms with van der Waals surface area (Å²) < 4.78 is 53.4. The van der Waals surface area contributed by atoms with Crippen LogP contribution in [0.2, 0.25) is 25.7 Å². The number of aromatic nitrogens is 3. The summed E-state index contributed by atoms with van der Waals surface area (Å²) in [4.78, 5) is 7.98. The highest BCUT2D eigenvalue weighted by molar-refractivity contribution is 6.76. The topological polar surface area (TPSA) is 39.9 Å². The number of halogens is 3. The van der Waals surface area contributed by atoms with Crippen molar-refractivity contribution in [3.63, 3.8) is 0 Å². The first-order chi connectivity index (χ1) is 12.1. The highest BCUT2D eigenvalue weighted by atomic mass is 28.3. The van der Waals surface area contributed by atoms with Crippen molar-refractivity contribution < 1.29 is 19.3 Å². The molecule has 138 valence electrons. The number of hydrogen-bond donors (Lipinski definition) is 0. The molecule has 0 aliphatic carbocycles. The zero-order valence-electron chi connectivity index (χ0n) is 15.7. The van der Waals surface area contributed by atoms with Crippen molar-refractivity contribution in [1.82, 2.24) is 14.5 Å². The minimum atomic E-state index is -4.67. The molecule has 0 bridgehead atoms. The molecule has 2 aromatic heterocycles. The molecule has 2 rings (SSSR count). The number of imidazole rings is 1. The summed E-state index contributed by atoms with van der Waals surface area (Å²) in [7, 11) is -1.28. The van der Waals surface area contributed by atoms with Gasteiger partial charge in [0.15, 0.2) is 0 Å². The predicted octanol–water partition coefficient (Wildman–Crippen LogP) is 4.29. The van der Waals surface area contributed by atoms with Crippen LogP contribution in [-0.4, -0.2) is 35.4 Å². The Bertz CT molecular complexity index is 702. The molecular weight excluding hydrogens is 347 g/mol. The Morgan fingerprint density at radius 1 is 1.24 bits per heavy atom. The average Bonchev–Trinajstić information content (AvgIpc) is 2.92. The molecule has 0 fully saturated rings. The van der Waals surface area contributed by atoms with E-state index in [4.69, 9.17) is 6.11 Å². The summed E-state index contributed by atoms with van der Waals surface area (Å²) in [6.45, 7) is 7.07. The lowest BCUT2D eigenvalue weighted by molar-refractivity contribution is -0.129. The summed E-state index contributed by atoms with van der Waals surface area (Å²) in [5, 5.41) is 0. The molecule has 0 aliphatic rings. The van der Waals surface area contributed by atoms with Crippen molar-refractivity contribution in [2.45, 2.75) is 51.4 Å². The maximum absolute atomic E-state index is 13.0. The van der Waals surface area contributed by atoms with Crippen LogP contribution in [0.3, 0.4) is 0 Å². The van der Waals surface area contributed by atoms with E-state index in [-0.39, 0.29) is 12.6 Å². The van der Waals surface area contributed by atoms with Crippen LogP contribution in [0.1, 0.15) is 18.5 Å². The van der Waals surface area contributed by atoms with Crippen LogP contribution in [0.4, 0.5) is 13.2 Å². The predicted molar refractivity (Wildman–Crippen MR) is 93.1 cm³/mol. The zero-order valence-corrected chi connectivity index (χ0v) is 15.7. The number of alkyl halides is 3. The Kier molecular flexibility index (Phi) is 5.90. The molecule has 1 unspecified atom stereocenters. The minimum Gasteiger partial charge on any atom is -0.361 e.